The van der Waals surface area contributed by atoms with Crippen molar-refractivity contribution in [1.82, 2.24) is 25.0 Å². The summed E-state index contributed by atoms with van der Waals surface area (Å²) in [5.74, 6) is 3.59. The molecule has 0 spiro atoms. The maximum atomic E-state index is 5.86. The highest BCUT2D eigenvalue weighted by atomic mass is 32.2. The van der Waals surface area contributed by atoms with Crippen LogP contribution in [0, 0.1) is 0 Å². The Hall–Kier alpha value is -4.11. The molecule has 0 saturated carbocycles. The highest BCUT2D eigenvalue weighted by molar-refractivity contribution is 7.98. The summed E-state index contributed by atoms with van der Waals surface area (Å²) in [5, 5.41) is 18.0. The molecule has 3 aromatic carbocycles. The summed E-state index contributed by atoms with van der Waals surface area (Å²) in [6, 6.07) is 25.1. The zero-order chi connectivity index (χ0) is 23.3. The molecule has 0 saturated heterocycles. The van der Waals surface area contributed by atoms with Crippen molar-refractivity contribution in [2.75, 3.05) is 14.2 Å². The Morgan fingerprint density at radius 1 is 0.794 bits per heavy atom. The van der Waals surface area contributed by atoms with E-state index in [1.54, 1.807) is 14.2 Å². The lowest BCUT2D eigenvalue weighted by Crippen LogP contribution is -2.01. The molecule has 8 nitrogen and oxygen atoms in total. The first-order valence-electron chi connectivity index (χ1n) is 10.5. The minimum absolute atomic E-state index is 0.444. The van der Waals surface area contributed by atoms with Gasteiger partial charge in [0, 0.05) is 5.56 Å². The van der Waals surface area contributed by atoms with Gasteiger partial charge >= 0.3 is 0 Å². The van der Waals surface area contributed by atoms with E-state index in [9.17, 15) is 0 Å². The van der Waals surface area contributed by atoms with Gasteiger partial charge in [-0.2, -0.15) is 0 Å². The zero-order valence-corrected chi connectivity index (χ0v) is 19.4. The van der Waals surface area contributed by atoms with Crippen LogP contribution in [0.4, 0.5) is 0 Å². The number of benzene rings is 3. The fourth-order valence-electron chi connectivity index (χ4n) is 3.47. The highest BCUT2D eigenvalue weighted by Gasteiger charge is 2.20. The van der Waals surface area contributed by atoms with Gasteiger partial charge in [-0.1, -0.05) is 42.1 Å². The average molecular weight is 472 g/mol. The Morgan fingerprint density at radius 2 is 1.56 bits per heavy atom. The van der Waals surface area contributed by atoms with E-state index in [4.69, 9.17) is 13.9 Å². The Labute approximate surface area is 200 Å². The van der Waals surface area contributed by atoms with Crippen LogP contribution >= 0.6 is 11.8 Å². The predicted octanol–water partition coefficient (Wildman–Crippen LogP) is 5.29. The Bertz CT molecular complexity index is 1380. The van der Waals surface area contributed by atoms with Crippen LogP contribution in [0.15, 0.2) is 88.4 Å². The molecule has 0 aliphatic rings. The lowest BCUT2D eigenvalue weighted by Gasteiger charge is -2.12. The summed E-state index contributed by atoms with van der Waals surface area (Å²) in [5.41, 5.74) is 2.61. The van der Waals surface area contributed by atoms with Crippen molar-refractivity contribution in [3.63, 3.8) is 0 Å². The molecular formula is C25H21N5O3S. The molecule has 0 atom stereocenters. The quantitative estimate of drug-likeness (QED) is 0.282. The fourth-order valence-corrected chi connectivity index (χ4v) is 4.26. The van der Waals surface area contributed by atoms with Gasteiger partial charge in [0.2, 0.25) is 11.8 Å². The molecule has 34 heavy (non-hydrogen) atoms. The first-order chi connectivity index (χ1) is 16.8. The molecule has 9 heteroatoms. The van der Waals surface area contributed by atoms with Crippen LogP contribution in [-0.4, -0.2) is 39.2 Å². The van der Waals surface area contributed by atoms with Crippen molar-refractivity contribution in [1.29, 1.82) is 0 Å². The molecule has 0 bridgehead atoms. The maximum Gasteiger partial charge on any atom is 0.247 e. The molecule has 0 aliphatic carbocycles. The average Bonchev–Trinajstić information content (AvgIpc) is 3.55. The Morgan fingerprint density at radius 3 is 2.32 bits per heavy atom. The number of nitrogens with zero attached hydrogens (tertiary/aromatic N) is 5. The smallest absolute Gasteiger partial charge is 0.247 e. The van der Waals surface area contributed by atoms with Gasteiger partial charge in [-0.15, -0.1) is 20.4 Å². The van der Waals surface area contributed by atoms with E-state index in [1.807, 2.05) is 83.4 Å². The minimum Gasteiger partial charge on any atom is -0.497 e. The van der Waals surface area contributed by atoms with E-state index in [0.717, 1.165) is 22.6 Å². The Balaban J connectivity index is 1.48. The third-order valence-corrected chi connectivity index (χ3v) is 6.04. The predicted molar refractivity (Wildman–Crippen MR) is 129 cm³/mol. The molecule has 2 heterocycles. The maximum absolute atomic E-state index is 5.86. The van der Waals surface area contributed by atoms with Crippen molar-refractivity contribution in [2.24, 2.45) is 0 Å². The summed E-state index contributed by atoms with van der Waals surface area (Å²) >= 11 is 1.46. The molecule has 0 unspecified atom stereocenters. The van der Waals surface area contributed by atoms with Gasteiger partial charge in [-0.05, 0) is 48.5 Å². The first kappa shape index (κ1) is 21.7. The number of aromatic nitrogens is 5. The van der Waals surface area contributed by atoms with E-state index < -0.39 is 0 Å². The van der Waals surface area contributed by atoms with E-state index in [0.29, 0.717) is 34.3 Å². The van der Waals surface area contributed by atoms with Crippen LogP contribution in [0.1, 0.15) is 5.89 Å². The molecule has 0 aliphatic heterocycles. The number of methoxy groups -OCH3 is 2. The number of rotatable bonds is 8. The summed E-state index contributed by atoms with van der Waals surface area (Å²) < 4.78 is 18.7. The lowest BCUT2D eigenvalue weighted by atomic mass is 10.2. The van der Waals surface area contributed by atoms with Gasteiger partial charge in [0.25, 0.3) is 0 Å². The van der Waals surface area contributed by atoms with Crippen LogP contribution in [0.25, 0.3) is 28.5 Å². The summed E-state index contributed by atoms with van der Waals surface area (Å²) in [4.78, 5) is 0. The van der Waals surface area contributed by atoms with Crippen LogP contribution < -0.4 is 9.47 Å². The summed E-state index contributed by atoms with van der Waals surface area (Å²) in [6.45, 7) is 0. The molecule has 0 fully saturated rings. The van der Waals surface area contributed by atoms with Gasteiger partial charge in [0.05, 0.1) is 31.2 Å². The molecule has 5 rings (SSSR count). The fraction of sp³-hybridized carbons (Fsp3) is 0.120. The zero-order valence-electron chi connectivity index (χ0n) is 18.6. The van der Waals surface area contributed by atoms with Gasteiger partial charge in [-0.3, -0.25) is 4.57 Å². The van der Waals surface area contributed by atoms with Crippen LogP contribution in [0.3, 0.4) is 0 Å². The van der Waals surface area contributed by atoms with Crippen molar-refractivity contribution in [3.8, 4) is 40.0 Å². The monoisotopic (exact) mass is 471 g/mol. The second-order valence-corrected chi connectivity index (χ2v) is 8.14. The van der Waals surface area contributed by atoms with Crippen molar-refractivity contribution < 1.29 is 13.9 Å². The third-order valence-electron chi connectivity index (χ3n) is 5.12. The molecule has 0 amide bonds. The Kier molecular flexibility index (Phi) is 6.26. The summed E-state index contributed by atoms with van der Waals surface area (Å²) in [6.07, 6.45) is 0. The topological polar surface area (TPSA) is 88.1 Å². The minimum atomic E-state index is 0.444. The van der Waals surface area contributed by atoms with E-state index >= 15 is 0 Å². The standard InChI is InChI=1S/C25H21N5O3S/c1-31-19-14-12-18(13-15-19)30-23(20-10-6-7-11-21(20)32-2)27-29-25(30)34-16-22-26-28-24(33-22)17-8-4-3-5-9-17/h3-15H,16H2,1-2H3. The van der Waals surface area contributed by atoms with Gasteiger partial charge in [0.1, 0.15) is 11.5 Å². The van der Waals surface area contributed by atoms with Crippen molar-refractivity contribution in [3.05, 3.63) is 84.8 Å². The van der Waals surface area contributed by atoms with Crippen LogP contribution in [0.2, 0.25) is 0 Å². The van der Waals surface area contributed by atoms with Crippen molar-refractivity contribution in [2.45, 2.75) is 10.9 Å². The lowest BCUT2D eigenvalue weighted by molar-refractivity contribution is 0.414. The first-order valence-corrected chi connectivity index (χ1v) is 11.5. The van der Waals surface area contributed by atoms with Gasteiger partial charge in [0.15, 0.2) is 11.0 Å². The van der Waals surface area contributed by atoms with Crippen LogP contribution in [0.5, 0.6) is 11.5 Å². The molecule has 0 N–H and O–H groups in total. The number of hydrogen-bond acceptors (Lipinski definition) is 8. The molecular weight excluding hydrogens is 450 g/mol. The van der Waals surface area contributed by atoms with Crippen LogP contribution in [-0.2, 0) is 5.75 Å². The van der Waals surface area contributed by atoms with E-state index in [1.165, 1.54) is 11.8 Å². The van der Waals surface area contributed by atoms with E-state index in [2.05, 4.69) is 20.4 Å². The molecule has 170 valence electrons. The number of thioether (sulfide) groups is 1. The summed E-state index contributed by atoms with van der Waals surface area (Å²) in [7, 11) is 3.28. The largest absolute Gasteiger partial charge is 0.497 e. The van der Waals surface area contributed by atoms with Crippen molar-refractivity contribution >= 4 is 11.8 Å². The second-order valence-electron chi connectivity index (χ2n) is 7.20. The SMILES string of the molecule is COc1ccc(-n2c(SCc3nnc(-c4ccccc4)o3)nnc2-c2ccccc2OC)cc1. The second kappa shape index (κ2) is 9.80. The molecule has 0 radical (unpaired) electrons. The van der Waals surface area contributed by atoms with Gasteiger partial charge < -0.3 is 13.9 Å². The van der Waals surface area contributed by atoms with Gasteiger partial charge in [-0.25, -0.2) is 0 Å². The number of ether oxygens (including phenoxy) is 2. The molecule has 5 aromatic rings. The normalized spacial score (nSPS) is 10.9. The highest BCUT2D eigenvalue weighted by Crippen LogP contribution is 2.34. The third kappa shape index (κ3) is 4.38. The van der Waals surface area contributed by atoms with E-state index in [-0.39, 0.29) is 0 Å². The number of para-hydroxylation sites is 1. The number of hydrogen-bond donors (Lipinski definition) is 0. The molecule has 2 aromatic heterocycles.